The van der Waals surface area contributed by atoms with Crippen LogP contribution in [0.15, 0.2) is 46.9 Å². The molecular weight excluding hydrogens is 395 g/mol. The number of carbonyl (C=O) groups excluding carboxylic acids is 1. The van der Waals surface area contributed by atoms with E-state index in [9.17, 15) is 9.18 Å². The van der Waals surface area contributed by atoms with E-state index in [0.29, 0.717) is 23.1 Å². The molecule has 1 heterocycles. The highest BCUT2D eigenvalue weighted by atomic mass is 79.9. The summed E-state index contributed by atoms with van der Waals surface area (Å²) >= 11 is 9.17. The lowest BCUT2D eigenvalue weighted by molar-refractivity contribution is 0.0627. The van der Waals surface area contributed by atoms with Gasteiger partial charge in [-0.05, 0) is 51.8 Å². The van der Waals surface area contributed by atoms with Gasteiger partial charge in [0, 0.05) is 42.2 Å². The fourth-order valence-electron chi connectivity index (χ4n) is 2.79. The first kappa shape index (κ1) is 17.4. The summed E-state index contributed by atoms with van der Waals surface area (Å²) in [5, 5.41) is 0.735. The maximum atomic E-state index is 13.2. The molecule has 126 valence electrons. The van der Waals surface area contributed by atoms with E-state index in [4.69, 9.17) is 11.6 Å². The molecule has 0 unspecified atom stereocenters. The normalized spacial score (nSPS) is 15.5. The van der Waals surface area contributed by atoms with E-state index >= 15 is 0 Å². The van der Waals surface area contributed by atoms with Gasteiger partial charge < -0.3 is 4.90 Å². The highest BCUT2D eigenvalue weighted by Gasteiger charge is 2.23. The molecule has 3 nitrogen and oxygen atoms in total. The highest BCUT2D eigenvalue weighted by molar-refractivity contribution is 9.10. The Kier molecular flexibility index (Phi) is 5.54. The summed E-state index contributed by atoms with van der Waals surface area (Å²) in [6, 6.07) is 12.0. The van der Waals surface area contributed by atoms with Crippen LogP contribution < -0.4 is 0 Å². The van der Waals surface area contributed by atoms with Crippen molar-refractivity contribution in [2.45, 2.75) is 6.54 Å². The number of hydrogen-bond donors (Lipinski definition) is 0. The van der Waals surface area contributed by atoms with Crippen LogP contribution in [0.5, 0.6) is 0 Å². The molecule has 1 aliphatic heterocycles. The molecule has 1 amide bonds. The molecule has 24 heavy (non-hydrogen) atoms. The minimum absolute atomic E-state index is 0.0620. The fourth-order valence-corrected chi connectivity index (χ4v) is 3.44. The van der Waals surface area contributed by atoms with E-state index in [1.165, 1.54) is 23.8 Å². The molecule has 6 heteroatoms. The van der Waals surface area contributed by atoms with E-state index in [2.05, 4.69) is 20.8 Å². The van der Waals surface area contributed by atoms with Crippen LogP contribution in [0.4, 0.5) is 4.39 Å². The second-order valence-electron chi connectivity index (χ2n) is 5.82. The van der Waals surface area contributed by atoms with Crippen LogP contribution in [-0.2, 0) is 6.54 Å². The Balaban J connectivity index is 1.58. The summed E-state index contributed by atoms with van der Waals surface area (Å²) < 4.78 is 13.7. The van der Waals surface area contributed by atoms with Crippen molar-refractivity contribution in [3.05, 3.63) is 68.9 Å². The van der Waals surface area contributed by atoms with E-state index in [1.807, 2.05) is 29.2 Å². The summed E-state index contributed by atoms with van der Waals surface area (Å²) in [6.07, 6.45) is 0. The Hall–Kier alpha value is -1.43. The third-order valence-corrected chi connectivity index (χ3v) is 5.05. The number of benzene rings is 2. The fraction of sp³-hybridized carbons (Fsp3) is 0.278. The van der Waals surface area contributed by atoms with Crippen molar-refractivity contribution in [2.75, 3.05) is 26.2 Å². The van der Waals surface area contributed by atoms with Crippen molar-refractivity contribution in [1.82, 2.24) is 9.80 Å². The zero-order valence-corrected chi connectivity index (χ0v) is 15.4. The topological polar surface area (TPSA) is 23.6 Å². The molecule has 1 fully saturated rings. The van der Waals surface area contributed by atoms with Gasteiger partial charge in [0.25, 0.3) is 5.91 Å². The predicted molar refractivity (Wildman–Crippen MR) is 96.7 cm³/mol. The van der Waals surface area contributed by atoms with E-state index < -0.39 is 0 Å². The Morgan fingerprint density at radius 1 is 1.08 bits per heavy atom. The van der Waals surface area contributed by atoms with E-state index in [-0.39, 0.29) is 11.7 Å². The van der Waals surface area contributed by atoms with Crippen LogP contribution in [0.2, 0.25) is 5.02 Å². The van der Waals surface area contributed by atoms with Gasteiger partial charge in [0.05, 0.1) is 5.56 Å². The zero-order valence-electron chi connectivity index (χ0n) is 13.0. The number of carbonyl (C=O) groups is 1. The van der Waals surface area contributed by atoms with E-state index in [0.717, 1.165) is 24.7 Å². The Labute approximate surface area is 154 Å². The van der Waals surface area contributed by atoms with Crippen molar-refractivity contribution < 1.29 is 9.18 Å². The average Bonchev–Trinajstić information content (AvgIpc) is 2.57. The van der Waals surface area contributed by atoms with Gasteiger partial charge in [0.15, 0.2) is 0 Å². The third kappa shape index (κ3) is 4.15. The van der Waals surface area contributed by atoms with Gasteiger partial charge in [0.1, 0.15) is 5.82 Å². The third-order valence-electron chi connectivity index (χ3n) is 4.14. The van der Waals surface area contributed by atoms with Gasteiger partial charge in [-0.15, -0.1) is 0 Å². The van der Waals surface area contributed by atoms with E-state index in [1.54, 1.807) is 0 Å². The molecule has 2 aromatic carbocycles. The van der Waals surface area contributed by atoms with Crippen LogP contribution in [-0.4, -0.2) is 41.9 Å². The summed E-state index contributed by atoms with van der Waals surface area (Å²) in [5.74, 6) is -0.417. The number of amides is 1. The molecule has 3 rings (SSSR count). The maximum absolute atomic E-state index is 13.2. The van der Waals surface area contributed by atoms with Gasteiger partial charge in [-0.1, -0.05) is 23.7 Å². The molecule has 0 atom stereocenters. The molecule has 1 aliphatic rings. The Morgan fingerprint density at radius 2 is 1.75 bits per heavy atom. The lowest BCUT2D eigenvalue weighted by Crippen LogP contribution is -2.48. The lowest BCUT2D eigenvalue weighted by atomic mass is 10.1. The Morgan fingerprint density at radius 3 is 2.38 bits per heavy atom. The number of nitrogens with zero attached hydrogens (tertiary/aromatic N) is 2. The maximum Gasteiger partial charge on any atom is 0.255 e. The van der Waals surface area contributed by atoms with Gasteiger partial charge in [-0.2, -0.15) is 0 Å². The van der Waals surface area contributed by atoms with Gasteiger partial charge >= 0.3 is 0 Å². The zero-order chi connectivity index (χ0) is 17.1. The van der Waals surface area contributed by atoms with Crippen LogP contribution in [0.3, 0.4) is 0 Å². The van der Waals surface area contributed by atoms with Crippen molar-refractivity contribution in [2.24, 2.45) is 0 Å². The SMILES string of the molecule is O=C(c1ccc(F)cc1Br)N1CCN(Cc2ccc(Cl)cc2)CC1. The average molecular weight is 412 g/mol. The summed E-state index contributed by atoms with van der Waals surface area (Å²) in [4.78, 5) is 16.7. The number of piperazine rings is 1. The quantitative estimate of drug-likeness (QED) is 0.756. The standard InChI is InChI=1S/C18H17BrClFN2O/c19-17-11-15(21)5-6-16(17)18(24)23-9-7-22(8-10-23)12-13-1-3-14(20)4-2-13/h1-6,11H,7-10,12H2. The molecular formula is C18H17BrClFN2O. The summed E-state index contributed by atoms with van der Waals surface area (Å²) in [7, 11) is 0. The number of hydrogen-bond acceptors (Lipinski definition) is 2. The lowest BCUT2D eigenvalue weighted by Gasteiger charge is -2.35. The molecule has 1 saturated heterocycles. The predicted octanol–water partition coefficient (Wildman–Crippen LogP) is 4.20. The summed E-state index contributed by atoms with van der Waals surface area (Å²) in [6.45, 7) is 3.80. The molecule has 0 saturated carbocycles. The number of rotatable bonds is 3. The van der Waals surface area contributed by atoms with Crippen molar-refractivity contribution in [1.29, 1.82) is 0 Å². The smallest absolute Gasteiger partial charge is 0.255 e. The second kappa shape index (κ2) is 7.64. The molecule has 0 aliphatic carbocycles. The Bertz CT molecular complexity index is 730. The van der Waals surface area contributed by atoms with Crippen LogP contribution in [0.25, 0.3) is 0 Å². The molecule has 0 N–H and O–H groups in total. The molecule has 0 radical (unpaired) electrons. The largest absolute Gasteiger partial charge is 0.336 e. The van der Waals surface area contributed by atoms with Gasteiger partial charge in [-0.25, -0.2) is 4.39 Å². The molecule has 0 spiro atoms. The molecule has 0 aromatic heterocycles. The van der Waals surface area contributed by atoms with Crippen molar-refractivity contribution >= 4 is 33.4 Å². The van der Waals surface area contributed by atoms with Crippen LogP contribution in [0, 0.1) is 5.82 Å². The molecule has 2 aromatic rings. The van der Waals surface area contributed by atoms with Gasteiger partial charge in [-0.3, -0.25) is 9.69 Å². The minimum Gasteiger partial charge on any atom is -0.336 e. The highest BCUT2D eigenvalue weighted by Crippen LogP contribution is 2.21. The summed E-state index contributed by atoms with van der Waals surface area (Å²) in [5.41, 5.74) is 1.71. The van der Waals surface area contributed by atoms with Crippen molar-refractivity contribution in [3.8, 4) is 0 Å². The second-order valence-corrected chi connectivity index (χ2v) is 7.11. The monoisotopic (exact) mass is 410 g/mol. The van der Waals surface area contributed by atoms with Crippen LogP contribution >= 0.6 is 27.5 Å². The van der Waals surface area contributed by atoms with Crippen LogP contribution in [0.1, 0.15) is 15.9 Å². The first-order chi connectivity index (χ1) is 11.5. The number of halogens is 3. The minimum atomic E-state index is -0.355. The van der Waals surface area contributed by atoms with Gasteiger partial charge in [0.2, 0.25) is 0 Å². The first-order valence-electron chi connectivity index (χ1n) is 7.74. The van der Waals surface area contributed by atoms with Crippen molar-refractivity contribution in [3.63, 3.8) is 0 Å². The first-order valence-corrected chi connectivity index (χ1v) is 8.91. The molecule has 0 bridgehead atoms.